The second kappa shape index (κ2) is 11.3. The fraction of sp³-hybridized carbons (Fsp3) is 0.419. The van der Waals surface area contributed by atoms with E-state index in [4.69, 9.17) is 9.47 Å². The summed E-state index contributed by atoms with van der Waals surface area (Å²) in [6.45, 7) is 7.60. The van der Waals surface area contributed by atoms with Gasteiger partial charge >= 0.3 is 0 Å². The molecule has 2 fully saturated rings. The highest BCUT2D eigenvalue weighted by Crippen LogP contribution is 2.36. The Kier molecular flexibility index (Phi) is 7.56. The first-order chi connectivity index (χ1) is 20.1. The van der Waals surface area contributed by atoms with Crippen molar-refractivity contribution in [1.82, 2.24) is 29.8 Å². The summed E-state index contributed by atoms with van der Waals surface area (Å²) in [5, 5.41) is 20.9. The van der Waals surface area contributed by atoms with E-state index in [0.29, 0.717) is 37.0 Å². The first-order valence-electron chi connectivity index (χ1n) is 14.3. The van der Waals surface area contributed by atoms with Crippen LogP contribution in [0.4, 0.5) is 11.6 Å². The predicted molar refractivity (Wildman–Crippen MR) is 159 cm³/mol. The monoisotopic (exact) mass is 571 g/mol. The SMILES string of the molecule is CNC(=O)c1ccc(Nc2cc3cc(-c4cc(C)ncc4OC4C[C@H]5COC[C@@H](C4)N5CC(C)(C)O)ccn3n2)nc1. The molecule has 42 heavy (non-hydrogen) atoms. The number of pyridine rings is 3. The molecule has 3 atom stereocenters. The van der Waals surface area contributed by atoms with E-state index in [9.17, 15) is 9.90 Å². The van der Waals surface area contributed by atoms with Crippen molar-refractivity contribution in [3.05, 3.63) is 66.2 Å². The highest BCUT2D eigenvalue weighted by Gasteiger charge is 2.41. The van der Waals surface area contributed by atoms with Gasteiger partial charge in [-0.05, 0) is 56.7 Å². The molecular formula is C31H37N7O4. The number of aliphatic hydroxyl groups is 1. The number of nitrogens with one attached hydrogen (secondary N) is 2. The van der Waals surface area contributed by atoms with Crippen LogP contribution in [0.1, 0.15) is 42.7 Å². The van der Waals surface area contributed by atoms with Crippen molar-refractivity contribution < 1.29 is 19.4 Å². The van der Waals surface area contributed by atoms with Gasteiger partial charge in [-0.15, -0.1) is 0 Å². The largest absolute Gasteiger partial charge is 0.488 e. The fourth-order valence-corrected chi connectivity index (χ4v) is 5.89. The molecule has 0 aliphatic carbocycles. The molecule has 1 unspecified atom stereocenters. The standard InChI is InChI=1S/C31H37N7O4/c1-19-9-26(27(15-33-19)42-25-11-23-16-41-17-24(12-25)37(23)18-31(2,3)40)20-7-8-38-22(10-20)13-29(36-38)35-28-6-5-21(14-34-28)30(39)32-4/h5-10,13-15,23-25,40H,11-12,16-18H2,1-4H3,(H,32,39)(H,34,35,36)/t23-,24+,25?. The third-order valence-corrected chi connectivity index (χ3v) is 7.78. The number of hydrogen-bond donors (Lipinski definition) is 3. The molecule has 6 heterocycles. The van der Waals surface area contributed by atoms with Gasteiger partial charge in [-0.2, -0.15) is 5.10 Å². The second-order valence-corrected chi connectivity index (χ2v) is 11.8. The lowest BCUT2D eigenvalue weighted by molar-refractivity contribution is -0.121. The summed E-state index contributed by atoms with van der Waals surface area (Å²) < 4.78 is 14.3. The molecule has 2 bridgehead atoms. The van der Waals surface area contributed by atoms with Gasteiger partial charge in [0.25, 0.3) is 5.91 Å². The van der Waals surface area contributed by atoms with E-state index in [2.05, 4.69) is 42.7 Å². The lowest BCUT2D eigenvalue weighted by atomic mass is 9.90. The highest BCUT2D eigenvalue weighted by atomic mass is 16.5. The number of rotatable bonds is 8. The van der Waals surface area contributed by atoms with Crippen LogP contribution in [-0.2, 0) is 4.74 Å². The normalized spacial score (nSPS) is 20.8. The van der Waals surface area contributed by atoms with E-state index in [1.54, 1.807) is 23.7 Å². The Morgan fingerprint density at radius 3 is 2.57 bits per heavy atom. The number of carbonyl (C=O) groups is 1. The average Bonchev–Trinajstić information content (AvgIpc) is 3.35. The van der Waals surface area contributed by atoms with Gasteiger partial charge in [-0.3, -0.25) is 14.7 Å². The van der Waals surface area contributed by atoms with Crippen molar-refractivity contribution in [1.29, 1.82) is 0 Å². The molecule has 3 N–H and O–H groups in total. The summed E-state index contributed by atoms with van der Waals surface area (Å²) >= 11 is 0. The van der Waals surface area contributed by atoms with Crippen LogP contribution in [0.2, 0.25) is 0 Å². The first kappa shape index (κ1) is 28.1. The molecule has 220 valence electrons. The molecule has 0 aromatic carbocycles. The van der Waals surface area contributed by atoms with Crippen molar-refractivity contribution >= 4 is 23.1 Å². The molecule has 2 saturated heterocycles. The summed E-state index contributed by atoms with van der Waals surface area (Å²) in [6, 6.07) is 12.0. The summed E-state index contributed by atoms with van der Waals surface area (Å²) in [7, 11) is 1.59. The van der Waals surface area contributed by atoms with Gasteiger partial charge in [0, 0.05) is 68.2 Å². The fourth-order valence-electron chi connectivity index (χ4n) is 5.89. The van der Waals surface area contributed by atoms with Crippen LogP contribution in [0.5, 0.6) is 5.75 Å². The minimum Gasteiger partial charge on any atom is -0.488 e. The maximum absolute atomic E-state index is 11.8. The number of ether oxygens (including phenoxy) is 2. The topological polar surface area (TPSA) is 126 Å². The minimum absolute atomic E-state index is 0.0296. The van der Waals surface area contributed by atoms with Gasteiger partial charge in [-0.25, -0.2) is 9.50 Å². The molecule has 0 saturated carbocycles. The summed E-state index contributed by atoms with van der Waals surface area (Å²) in [6.07, 6.45) is 6.96. The third kappa shape index (κ3) is 6.08. The number of aryl methyl sites for hydroxylation is 1. The number of nitrogens with zero attached hydrogens (tertiary/aromatic N) is 5. The van der Waals surface area contributed by atoms with Crippen LogP contribution in [-0.4, -0.2) is 86.1 Å². The Bertz CT molecular complexity index is 1570. The van der Waals surface area contributed by atoms with Crippen molar-refractivity contribution in [3.8, 4) is 16.9 Å². The van der Waals surface area contributed by atoms with E-state index in [-0.39, 0.29) is 24.1 Å². The first-order valence-corrected chi connectivity index (χ1v) is 14.3. The predicted octanol–water partition coefficient (Wildman–Crippen LogP) is 3.58. The molecule has 4 aromatic heterocycles. The summed E-state index contributed by atoms with van der Waals surface area (Å²) in [5.74, 6) is 1.80. The maximum atomic E-state index is 11.8. The van der Waals surface area contributed by atoms with Gasteiger partial charge < -0.3 is 25.2 Å². The Morgan fingerprint density at radius 2 is 1.88 bits per heavy atom. The molecular weight excluding hydrogens is 534 g/mol. The lowest BCUT2D eigenvalue weighted by Crippen LogP contribution is -2.61. The highest BCUT2D eigenvalue weighted by molar-refractivity contribution is 5.93. The third-order valence-electron chi connectivity index (χ3n) is 7.78. The van der Waals surface area contributed by atoms with E-state index in [1.165, 1.54) is 6.20 Å². The van der Waals surface area contributed by atoms with E-state index in [0.717, 1.165) is 40.9 Å². The molecule has 6 rings (SSSR count). The van der Waals surface area contributed by atoms with Crippen LogP contribution >= 0.6 is 0 Å². The molecule has 0 spiro atoms. The minimum atomic E-state index is -0.759. The number of hydrogen-bond acceptors (Lipinski definition) is 9. The van der Waals surface area contributed by atoms with E-state index >= 15 is 0 Å². The zero-order valence-electron chi connectivity index (χ0n) is 24.4. The van der Waals surface area contributed by atoms with Crippen molar-refractivity contribution in [3.63, 3.8) is 0 Å². The van der Waals surface area contributed by atoms with Gasteiger partial charge in [0.05, 0.1) is 36.1 Å². The van der Waals surface area contributed by atoms with Crippen LogP contribution < -0.4 is 15.4 Å². The number of fused-ring (bicyclic) bond motifs is 3. The van der Waals surface area contributed by atoms with Crippen LogP contribution in [0.15, 0.2) is 55.0 Å². The Morgan fingerprint density at radius 1 is 1.10 bits per heavy atom. The molecule has 2 aliphatic rings. The molecule has 2 aliphatic heterocycles. The number of carbonyl (C=O) groups excluding carboxylic acids is 1. The number of morpholine rings is 1. The van der Waals surface area contributed by atoms with Crippen molar-refractivity contribution in [2.75, 3.05) is 32.1 Å². The number of anilines is 2. The molecule has 0 radical (unpaired) electrons. The Balaban J connectivity index is 1.21. The van der Waals surface area contributed by atoms with Gasteiger partial charge in [0.15, 0.2) is 5.82 Å². The summed E-state index contributed by atoms with van der Waals surface area (Å²) in [4.78, 5) is 23.1. The Hall–Kier alpha value is -4.06. The zero-order chi connectivity index (χ0) is 29.4. The number of piperidine rings is 1. The molecule has 11 heteroatoms. The van der Waals surface area contributed by atoms with E-state index < -0.39 is 5.60 Å². The van der Waals surface area contributed by atoms with Gasteiger partial charge in [0.1, 0.15) is 17.7 Å². The molecule has 1 amide bonds. The molecule has 4 aromatic rings. The van der Waals surface area contributed by atoms with Gasteiger partial charge in [0.2, 0.25) is 0 Å². The zero-order valence-corrected chi connectivity index (χ0v) is 24.4. The van der Waals surface area contributed by atoms with Crippen LogP contribution in [0.25, 0.3) is 16.6 Å². The summed E-state index contributed by atoms with van der Waals surface area (Å²) in [5.41, 5.74) is 3.53. The smallest absolute Gasteiger partial charge is 0.252 e. The Labute approximate surface area is 244 Å². The lowest BCUT2D eigenvalue weighted by Gasteiger charge is -2.49. The van der Waals surface area contributed by atoms with Crippen LogP contribution in [0, 0.1) is 6.92 Å². The van der Waals surface area contributed by atoms with Crippen LogP contribution in [0.3, 0.4) is 0 Å². The maximum Gasteiger partial charge on any atom is 0.252 e. The molecule has 11 nitrogen and oxygen atoms in total. The van der Waals surface area contributed by atoms with Crippen molar-refractivity contribution in [2.45, 2.75) is 57.4 Å². The average molecular weight is 572 g/mol. The number of aromatic nitrogens is 4. The second-order valence-electron chi connectivity index (χ2n) is 11.8. The van der Waals surface area contributed by atoms with Gasteiger partial charge in [-0.1, -0.05) is 0 Å². The van der Waals surface area contributed by atoms with Crippen molar-refractivity contribution in [2.24, 2.45) is 0 Å². The van der Waals surface area contributed by atoms with E-state index in [1.807, 2.05) is 45.3 Å². The quantitative estimate of drug-likeness (QED) is 0.291. The number of amides is 1.